The van der Waals surface area contributed by atoms with Gasteiger partial charge in [0.05, 0.1) is 26.4 Å². The Kier molecular flexibility index (Phi) is 76.6. The van der Waals surface area contributed by atoms with Gasteiger partial charge in [-0.2, -0.15) is 0 Å². The van der Waals surface area contributed by atoms with Crippen LogP contribution in [0.2, 0.25) is 0 Å². The molecule has 0 amide bonds. The number of aliphatic hydroxyl groups is 1. The van der Waals surface area contributed by atoms with E-state index in [9.17, 15) is 43.2 Å². The molecule has 0 bridgehead atoms. The fraction of sp³-hybridized carbons (Fsp3) is 0.955. The number of hydrogen-bond donors (Lipinski definition) is 3. The number of phosphoric ester groups is 2. The number of esters is 4. The zero-order valence-corrected chi connectivity index (χ0v) is 72.4. The predicted octanol–water partition coefficient (Wildman–Crippen LogP) is 26.9. The van der Waals surface area contributed by atoms with E-state index < -0.39 is 97.5 Å². The molecule has 0 radical (unpaired) electrons. The smallest absolute Gasteiger partial charge is 0.462 e. The molecule has 0 spiro atoms. The molecule has 0 aliphatic carbocycles. The van der Waals surface area contributed by atoms with Gasteiger partial charge in [-0.3, -0.25) is 37.3 Å². The third-order valence-corrected chi connectivity index (χ3v) is 23.3. The van der Waals surface area contributed by atoms with E-state index in [1.807, 2.05) is 0 Å². The summed E-state index contributed by atoms with van der Waals surface area (Å²) in [5.74, 6) is 0.321. The Hall–Kier alpha value is -1.94. The molecule has 0 heterocycles. The molecular formula is C88H172O17P2. The van der Waals surface area contributed by atoms with Crippen LogP contribution in [0.15, 0.2) is 0 Å². The van der Waals surface area contributed by atoms with Gasteiger partial charge in [0.2, 0.25) is 0 Å². The van der Waals surface area contributed by atoms with Gasteiger partial charge in [0.1, 0.15) is 19.3 Å². The highest BCUT2D eigenvalue weighted by Crippen LogP contribution is 2.45. The SMILES string of the molecule is CCCCCCCCCCCCCCCCCCCCCCC(=O)O[C@H](COC(=O)CCCCCCCCCCCCCCCCC(C)CC)COP(=O)(O)OC[C@@H](O)COP(=O)(O)OC[C@@H](COC(=O)CCCCCCCCCCC(C)CC)OC(=O)CCCCCCCCCCCCCCCCC(C)C. The van der Waals surface area contributed by atoms with E-state index in [0.29, 0.717) is 25.7 Å². The molecule has 7 atom stereocenters. The van der Waals surface area contributed by atoms with Crippen molar-refractivity contribution in [1.29, 1.82) is 0 Å². The monoisotopic (exact) mass is 1560 g/mol. The Balaban J connectivity index is 5.27. The van der Waals surface area contributed by atoms with Crippen LogP contribution in [0.5, 0.6) is 0 Å². The number of phosphoric acid groups is 2. The van der Waals surface area contributed by atoms with Crippen molar-refractivity contribution in [1.82, 2.24) is 0 Å². The van der Waals surface area contributed by atoms with Gasteiger partial charge >= 0.3 is 39.5 Å². The molecule has 636 valence electrons. The third-order valence-electron chi connectivity index (χ3n) is 21.4. The Morgan fingerprint density at radius 1 is 0.271 bits per heavy atom. The zero-order valence-electron chi connectivity index (χ0n) is 70.6. The van der Waals surface area contributed by atoms with E-state index in [2.05, 4.69) is 48.5 Å². The van der Waals surface area contributed by atoms with E-state index in [4.69, 9.17) is 37.0 Å². The van der Waals surface area contributed by atoms with Crippen molar-refractivity contribution >= 4 is 39.5 Å². The predicted molar refractivity (Wildman–Crippen MR) is 441 cm³/mol. The number of carbonyl (C=O) groups excluding carboxylic acids is 4. The lowest BCUT2D eigenvalue weighted by molar-refractivity contribution is -0.161. The molecule has 107 heavy (non-hydrogen) atoms. The third kappa shape index (κ3) is 79.1. The Morgan fingerprint density at radius 3 is 0.710 bits per heavy atom. The van der Waals surface area contributed by atoms with Gasteiger partial charge in [-0.1, -0.05) is 414 Å². The lowest BCUT2D eigenvalue weighted by atomic mass is 9.99. The van der Waals surface area contributed by atoms with Crippen LogP contribution in [0, 0.1) is 17.8 Å². The second-order valence-electron chi connectivity index (χ2n) is 32.6. The second-order valence-corrected chi connectivity index (χ2v) is 35.5. The van der Waals surface area contributed by atoms with E-state index in [-0.39, 0.29) is 25.7 Å². The number of aliphatic hydroxyl groups excluding tert-OH is 1. The maximum Gasteiger partial charge on any atom is 0.472 e. The van der Waals surface area contributed by atoms with Crippen LogP contribution in [0.3, 0.4) is 0 Å². The van der Waals surface area contributed by atoms with Gasteiger partial charge in [-0.25, -0.2) is 9.13 Å². The average molecular weight is 1560 g/mol. The van der Waals surface area contributed by atoms with E-state index in [0.717, 1.165) is 108 Å². The van der Waals surface area contributed by atoms with Gasteiger partial charge in [0.15, 0.2) is 12.2 Å². The summed E-state index contributed by atoms with van der Waals surface area (Å²) in [6.07, 6.45) is 69.3. The average Bonchev–Trinajstić information content (AvgIpc) is 0.901. The highest BCUT2D eigenvalue weighted by atomic mass is 31.2. The lowest BCUT2D eigenvalue weighted by Gasteiger charge is -2.21. The van der Waals surface area contributed by atoms with Gasteiger partial charge in [0.25, 0.3) is 0 Å². The van der Waals surface area contributed by atoms with Crippen LogP contribution in [0.25, 0.3) is 0 Å². The highest BCUT2D eigenvalue weighted by molar-refractivity contribution is 7.47. The van der Waals surface area contributed by atoms with Crippen molar-refractivity contribution < 1.29 is 80.2 Å². The van der Waals surface area contributed by atoms with Crippen molar-refractivity contribution in [2.45, 2.75) is 484 Å². The molecule has 0 aromatic carbocycles. The molecule has 0 saturated carbocycles. The van der Waals surface area contributed by atoms with Crippen molar-refractivity contribution in [3.8, 4) is 0 Å². The molecule has 0 rings (SSSR count). The first-order valence-corrected chi connectivity index (χ1v) is 48.4. The molecule has 0 fully saturated rings. The van der Waals surface area contributed by atoms with Crippen LogP contribution in [-0.4, -0.2) is 96.7 Å². The van der Waals surface area contributed by atoms with Gasteiger partial charge in [-0.15, -0.1) is 0 Å². The van der Waals surface area contributed by atoms with Crippen LogP contribution in [-0.2, 0) is 65.4 Å². The molecule has 0 saturated heterocycles. The van der Waals surface area contributed by atoms with Crippen molar-refractivity contribution in [3.63, 3.8) is 0 Å². The van der Waals surface area contributed by atoms with Crippen LogP contribution in [0.1, 0.15) is 466 Å². The van der Waals surface area contributed by atoms with E-state index in [1.54, 1.807) is 0 Å². The minimum Gasteiger partial charge on any atom is -0.462 e. The minimum atomic E-state index is -4.97. The van der Waals surface area contributed by atoms with E-state index in [1.165, 1.54) is 276 Å². The molecular weight excluding hydrogens is 1390 g/mol. The maximum atomic E-state index is 13.2. The fourth-order valence-electron chi connectivity index (χ4n) is 13.7. The normalized spacial score (nSPS) is 14.3. The topological polar surface area (TPSA) is 237 Å². The summed E-state index contributed by atoms with van der Waals surface area (Å²) in [5.41, 5.74) is 0. The molecule has 0 aromatic rings. The van der Waals surface area contributed by atoms with Crippen molar-refractivity contribution in [3.05, 3.63) is 0 Å². The highest BCUT2D eigenvalue weighted by Gasteiger charge is 2.31. The van der Waals surface area contributed by atoms with Crippen molar-refractivity contribution in [2.75, 3.05) is 39.6 Å². The molecule has 0 aliphatic heterocycles. The van der Waals surface area contributed by atoms with Crippen LogP contribution in [0.4, 0.5) is 0 Å². The summed E-state index contributed by atoms with van der Waals surface area (Å²) in [6, 6.07) is 0. The first-order valence-electron chi connectivity index (χ1n) is 45.4. The number of carbonyl (C=O) groups is 4. The minimum absolute atomic E-state index is 0.107. The maximum absolute atomic E-state index is 13.2. The number of ether oxygens (including phenoxy) is 4. The van der Waals surface area contributed by atoms with Gasteiger partial charge in [0, 0.05) is 25.7 Å². The zero-order chi connectivity index (χ0) is 78.6. The Bertz CT molecular complexity index is 2060. The number of rotatable bonds is 86. The summed E-state index contributed by atoms with van der Waals surface area (Å²) in [6.45, 7) is 12.1. The summed E-state index contributed by atoms with van der Waals surface area (Å²) in [5, 5.41) is 10.7. The van der Waals surface area contributed by atoms with Crippen molar-refractivity contribution in [2.24, 2.45) is 17.8 Å². The Morgan fingerprint density at radius 2 is 0.477 bits per heavy atom. The Labute approximate surface area is 658 Å². The summed E-state index contributed by atoms with van der Waals surface area (Å²) < 4.78 is 69.0. The fourth-order valence-corrected chi connectivity index (χ4v) is 15.2. The molecule has 17 nitrogen and oxygen atoms in total. The molecule has 0 aromatic heterocycles. The molecule has 4 unspecified atom stereocenters. The largest absolute Gasteiger partial charge is 0.472 e. The summed E-state index contributed by atoms with van der Waals surface area (Å²) in [7, 11) is -9.93. The number of unbranched alkanes of at least 4 members (excludes halogenated alkanes) is 52. The van der Waals surface area contributed by atoms with Crippen LogP contribution < -0.4 is 0 Å². The van der Waals surface area contributed by atoms with E-state index >= 15 is 0 Å². The quantitative estimate of drug-likeness (QED) is 0.0222. The van der Waals surface area contributed by atoms with Gasteiger partial charge in [-0.05, 0) is 43.4 Å². The first-order chi connectivity index (χ1) is 51.8. The second kappa shape index (κ2) is 78.0. The van der Waals surface area contributed by atoms with Crippen LogP contribution >= 0.6 is 15.6 Å². The standard InChI is InChI=1S/C88H172O17P2/c1-8-11-12-13-14-15-16-17-18-19-20-21-22-23-31-36-41-50-57-64-71-87(92)104-83(75-98-85(90)69-62-55-48-40-35-30-27-25-29-34-39-46-53-60-67-80(6)9-2)77-102-106(94,95)100-73-82(89)74-101-107(96,97)103-78-84(76-99-86(91)70-63-56-49-44-43-47-54-61-68-81(7)10-3)105-88(93)72-65-58-51-42-37-32-26-24-28-33-38-45-52-59-66-79(4)5/h79-84,89H,8-78H2,1-7H3,(H,94,95)(H,96,97)/t80?,81?,82-,83-,84-/m1/s1. The summed E-state index contributed by atoms with van der Waals surface area (Å²) >= 11 is 0. The lowest BCUT2D eigenvalue weighted by Crippen LogP contribution is -2.30. The molecule has 19 heteroatoms. The molecule has 3 N–H and O–H groups in total. The summed E-state index contributed by atoms with van der Waals surface area (Å²) in [4.78, 5) is 73.3. The first kappa shape index (κ1) is 105. The number of hydrogen-bond acceptors (Lipinski definition) is 15. The molecule has 0 aliphatic rings. The van der Waals surface area contributed by atoms with Gasteiger partial charge < -0.3 is 33.8 Å².